The van der Waals surface area contributed by atoms with Crippen LogP contribution in [0.3, 0.4) is 0 Å². The van der Waals surface area contributed by atoms with Gasteiger partial charge in [-0.1, -0.05) is 0 Å². The summed E-state index contributed by atoms with van der Waals surface area (Å²) < 4.78 is 39.7. The molecular formula is C32H38O20. The fourth-order valence-corrected chi connectivity index (χ4v) is 6.03. The molecular weight excluding hydrogens is 704 g/mol. The van der Waals surface area contributed by atoms with Crippen LogP contribution in [0.15, 0.2) is 39.5 Å². The molecule has 0 spiro atoms. The highest BCUT2D eigenvalue weighted by Crippen LogP contribution is 2.40. The van der Waals surface area contributed by atoms with Gasteiger partial charge in [0.25, 0.3) is 0 Å². The third-order valence-electron chi connectivity index (χ3n) is 9.14. The van der Waals surface area contributed by atoms with Crippen LogP contribution in [0.25, 0.3) is 22.3 Å². The minimum absolute atomic E-state index is 0.0956. The number of phenolic OH excluding ortho intramolecular Hbond substituents is 4. The molecule has 0 aliphatic carbocycles. The highest BCUT2D eigenvalue weighted by Gasteiger charge is 2.54. The molecule has 3 saturated heterocycles. The number of fused-ring (bicyclic) bond motifs is 1. The van der Waals surface area contributed by atoms with Gasteiger partial charge in [0.1, 0.15) is 70.8 Å². The zero-order valence-electron chi connectivity index (χ0n) is 27.1. The number of aliphatic hydroxyl groups is 8. The standard InChI is InChI=1S/C32H38O20/c1-10-19(38)22(41)24(43)29(48-10)46-7-17-20(39)23(42)27(52-31-28(44)32(45,8-33)9-47-31)30(50-17)51-26-21(40)18-15(37)5-12(34)6-16(18)49-25(26)11-2-3-13(35)14(36)4-11/h2-6,10,17,19-20,22-24,27-31,33-39,41-45H,7-9H2,1H3/t10-,17+,19-,20-,22-,23+,24+,27-,28+,29+,30-,31-,32+/m0/s1. The van der Waals surface area contributed by atoms with Gasteiger partial charge >= 0.3 is 0 Å². The number of aliphatic hydroxyl groups excluding tert-OH is 7. The average Bonchev–Trinajstić information content (AvgIpc) is 3.39. The van der Waals surface area contributed by atoms with E-state index in [2.05, 4.69) is 0 Å². The van der Waals surface area contributed by atoms with Crippen molar-refractivity contribution in [3.8, 4) is 40.1 Å². The van der Waals surface area contributed by atoms with Crippen LogP contribution in [0.4, 0.5) is 0 Å². The topological polar surface area (TPSA) is 328 Å². The molecule has 0 amide bonds. The zero-order chi connectivity index (χ0) is 37.8. The van der Waals surface area contributed by atoms with Crippen molar-refractivity contribution in [3.05, 3.63) is 40.6 Å². The molecule has 6 rings (SSSR count). The predicted molar refractivity (Wildman–Crippen MR) is 167 cm³/mol. The summed E-state index contributed by atoms with van der Waals surface area (Å²) in [4.78, 5) is 14.0. The number of phenols is 4. The third kappa shape index (κ3) is 6.85. The Balaban J connectivity index is 1.39. The summed E-state index contributed by atoms with van der Waals surface area (Å²) >= 11 is 0. The first-order valence-corrected chi connectivity index (χ1v) is 15.9. The summed E-state index contributed by atoms with van der Waals surface area (Å²) in [5.74, 6) is -3.68. The van der Waals surface area contributed by atoms with E-state index in [0.717, 1.165) is 24.3 Å². The Kier molecular flexibility index (Phi) is 10.6. The summed E-state index contributed by atoms with van der Waals surface area (Å²) in [6.07, 6.45) is -20.6. The van der Waals surface area contributed by atoms with Crippen molar-refractivity contribution in [2.75, 3.05) is 19.8 Å². The lowest BCUT2D eigenvalue weighted by atomic mass is 9.97. The lowest BCUT2D eigenvalue weighted by molar-refractivity contribution is -0.335. The van der Waals surface area contributed by atoms with Crippen LogP contribution in [0.1, 0.15) is 6.92 Å². The molecule has 2 aromatic carbocycles. The van der Waals surface area contributed by atoms with Gasteiger partial charge in [-0.05, 0) is 25.1 Å². The van der Waals surface area contributed by atoms with Gasteiger partial charge in [-0.15, -0.1) is 0 Å². The predicted octanol–water partition coefficient (Wildman–Crippen LogP) is -3.22. The molecule has 3 aliphatic rings. The minimum atomic E-state index is -2.19. The molecule has 20 heteroatoms. The number of aromatic hydroxyl groups is 4. The molecule has 0 radical (unpaired) electrons. The average molecular weight is 743 g/mol. The second-order valence-electron chi connectivity index (χ2n) is 12.8. The SMILES string of the molecule is C[C@@H]1O[C@@H](OC[C@H]2O[C@@H](Oc3c(-c4ccc(O)c(O)c4)oc4cc(O)cc(O)c4c3=O)[C@@H](O[C@@H]3OC[C@](O)(CO)[C@@H]3O)[C@H](O)[C@H]2O)[C@H](O)[C@@H](O)[C@H]1O. The fourth-order valence-electron chi connectivity index (χ4n) is 6.03. The summed E-state index contributed by atoms with van der Waals surface area (Å²) in [6.45, 7) is -0.880. The summed E-state index contributed by atoms with van der Waals surface area (Å²) in [6, 6.07) is 5.08. The maximum Gasteiger partial charge on any atom is 0.239 e. The van der Waals surface area contributed by atoms with Crippen molar-refractivity contribution in [1.29, 1.82) is 0 Å². The molecule has 0 bridgehead atoms. The summed E-state index contributed by atoms with van der Waals surface area (Å²) in [7, 11) is 0. The molecule has 1 aromatic heterocycles. The third-order valence-corrected chi connectivity index (χ3v) is 9.14. The normalized spacial score (nSPS) is 36.6. The Morgan fingerprint density at radius 2 is 1.56 bits per heavy atom. The molecule has 12 N–H and O–H groups in total. The van der Waals surface area contributed by atoms with Gasteiger partial charge in [-0.25, -0.2) is 0 Å². The Labute approximate surface area is 292 Å². The molecule has 3 aliphatic heterocycles. The van der Waals surface area contributed by atoms with Gasteiger partial charge in [0.05, 0.1) is 25.9 Å². The maximum absolute atomic E-state index is 14.0. The van der Waals surface area contributed by atoms with E-state index in [0.29, 0.717) is 0 Å². The lowest BCUT2D eigenvalue weighted by Gasteiger charge is -2.44. The van der Waals surface area contributed by atoms with Crippen LogP contribution < -0.4 is 10.2 Å². The quantitative estimate of drug-likeness (QED) is 0.0959. The van der Waals surface area contributed by atoms with Gasteiger partial charge < -0.3 is 94.1 Å². The first-order valence-electron chi connectivity index (χ1n) is 15.9. The van der Waals surface area contributed by atoms with E-state index in [1.807, 2.05) is 0 Å². The first kappa shape index (κ1) is 37.9. The van der Waals surface area contributed by atoms with Crippen LogP contribution in [0.2, 0.25) is 0 Å². The van der Waals surface area contributed by atoms with Gasteiger partial charge in [-0.3, -0.25) is 4.79 Å². The second-order valence-corrected chi connectivity index (χ2v) is 12.8. The molecule has 3 aromatic rings. The van der Waals surface area contributed by atoms with Crippen molar-refractivity contribution in [2.24, 2.45) is 0 Å². The molecule has 20 nitrogen and oxygen atoms in total. The molecule has 286 valence electrons. The molecule has 52 heavy (non-hydrogen) atoms. The Morgan fingerprint density at radius 1 is 0.827 bits per heavy atom. The van der Waals surface area contributed by atoms with Crippen LogP contribution >= 0.6 is 0 Å². The Hall–Kier alpha value is -3.87. The van der Waals surface area contributed by atoms with Crippen LogP contribution in [0.5, 0.6) is 28.7 Å². The minimum Gasteiger partial charge on any atom is -0.508 e. The lowest BCUT2D eigenvalue weighted by Crippen LogP contribution is -2.63. The van der Waals surface area contributed by atoms with E-state index in [-0.39, 0.29) is 11.1 Å². The highest BCUT2D eigenvalue weighted by atomic mass is 16.8. The molecule has 0 unspecified atom stereocenters. The number of ether oxygens (including phenoxy) is 6. The van der Waals surface area contributed by atoms with Crippen molar-refractivity contribution in [2.45, 2.75) is 86.3 Å². The maximum atomic E-state index is 14.0. The molecule has 13 atom stereocenters. The van der Waals surface area contributed by atoms with E-state index in [1.54, 1.807) is 0 Å². The summed E-state index contributed by atoms with van der Waals surface area (Å²) in [5, 5.41) is 124. The van der Waals surface area contributed by atoms with E-state index < -0.39 is 145 Å². The van der Waals surface area contributed by atoms with Crippen LogP contribution in [-0.4, -0.2) is 161 Å². The monoisotopic (exact) mass is 742 g/mol. The van der Waals surface area contributed by atoms with Crippen molar-refractivity contribution in [1.82, 2.24) is 0 Å². The largest absolute Gasteiger partial charge is 0.508 e. The zero-order valence-corrected chi connectivity index (χ0v) is 27.1. The van der Waals surface area contributed by atoms with Crippen LogP contribution in [0, 0.1) is 0 Å². The van der Waals surface area contributed by atoms with Gasteiger partial charge in [-0.2, -0.15) is 0 Å². The van der Waals surface area contributed by atoms with Crippen molar-refractivity contribution < 1.29 is 94.1 Å². The Bertz CT molecular complexity index is 1820. The molecule has 0 saturated carbocycles. The van der Waals surface area contributed by atoms with Crippen LogP contribution in [-0.2, 0) is 23.7 Å². The number of hydrogen-bond donors (Lipinski definition) is 12. The van der Waals surface area contributed by atoms with E-state index >= 15 is 0 Å². The van der Waals surface area contributed by atoms with E-state index in [4.69, 9.17) is 32.8 Å². The van der Waals surface area contributed by atoms with Gasteiger partial charge in [0.15, 0.2) is 35.9 Å². The van der Waals surface area contributed by atoms with Crippen molar-refractivity contribution >= 4 is 11.0 Å². The van der Waals surface area contributed by atoms with E-state index in [1.165, 1.54) is 13.0 Å². The number of hydrogen-bond acceptors (Lipinski definition) is 20. The highest BCUT2D eigenvalue weighted by molar-refractivity contribution is 5.88. The molecule has 3 fully saturated rings. The Morgan fingerprint density at radius 3 is 2.23 bits per heavy atom. The van der Waals surface area contributed by atoms with Gasteiger partial charge in [0, 0.05) is 17.7 Å². The number of benzene rings is 2. The number of rotatable bonds is 9. The smallest absolute Gasteiger partial charge is 0.239 e. The van der Waals surface area contributed by atoms with Gasteiger partial charge in [0.2, 0.25) is 17.5 Å². The van der Waals surface area contributed by atoms with E-state index in [9.17, 15) is 66.1 Å². The second kappa shape index (κ2) is 14.5. The fraction of sp³-hybridized carbons (Fsp3) is 0.531. The van der Waals surface area contributed by atoms with Crippen molar-refractivity contribution in [3.63, 3.8) is 0 Å². The molecule has 4 heterocycles. The summed E-state index contributed by atoms with van der Waals surface area (Å²) in [5.41, 5.74) is -3.73. The first-order chi connectivity index (χ1) is 24.5.